The van der Waals surface area contributed by atoms with Crippen molar-refractivity contribution in [2.24, 2.45) is 0 Å². The minimum Gasteiger partial charge on any atom is -0.355 e. The highest BCUT2D eigenvalue weighted by molar-refractivity contribution is 6.31. The molecule has 0 bridgehead atoms. The summed E-state index contributed by atoms with van der Waals surface area (Å²) in [6, 6.07) is 18.9. The van der Waals surface area contributed by atoms with Crippen molar-refractivity contribution >= 4 is 23.3 Å². The molecule has 6 heteroatoms. The third kappa shape index (κ3) is 4.15. The second-order valence-corrected chi connectivity index (χ2v) is 7.23. The van der Waals surface area contributed by atoms with Gasteiger partial charge in [0.15, 0.2) is 5.82 Å². The van der Waals surface area contributed by atoms with Crippen molar-refractivity contribution in [1.82, 2.24) is 15.5 Å². The van der Waals surface area contributed by atoms with E-state index in [1.54, 1.807) is 12.1 Å². The average molecular weight is 393 g/mol. The maximum absolute atomic E-state index is 12.4. The fourth-order valence-corrected chi connectivity index (χ4v) is 3.51. The van der Waals surface area contributed by atoms with Crippen LogP contribution in [-0.2, 0) is 6.54 Å². The van der Waals surface area contributed by atoms with E-state index in [0.29, 0.717) is 17.1 Å². The quantitative estimate of drug-likeness (QED) is 0.702. The molecule has 1 fully saturated rings. The minimum absolute atomic E-state index is 0.137. The van der Waals surface area contributed by atoms with Gasteiger partial charge in [-0.3, -0.25) is 4.79 Å². The number of rotatable bonds is 5. The molecule has 5 nitrogen and oxygen atoms in total. The van der Waals surface area contributed by atoms with Gasteiger partial charge in [0, 0.05) is 35.8 Å². The van der Waals surface area contributed by atoms with Crippen LogP contribution < -0.4 is 10.2 Å². The zero-order valence-electron chi connectivity index (χ0n) is 15.4. The Balaban J connectivity index is 1.40. The Morgan fingerprint density at radius 2 is 1.71 bits per heavy atom. The van der Waals surface area contributed by atoms with Crippen molar-refractivity contribution in [1.29, 1.82) is 0 Å². The lowest BCUT2D eigenvalue weighted by atomic mass is 10.1. The minimum atomic E-state index is -0.137. The Bertz CT molecular complexity index is 951. The molecule has 2 aromatic carbocycles. The molecule has 0 atom stereocenters. The smallest absolute Gasteiger partial charge is 0.251 e. The number of carbonyl (C=O) groups excluding carboxylic acids is 1. The Labute approximate surface area is 169 Å². The molecule has 142 valence electrons. The van der Waals surface area contributed by atoms with E-state index in [2.05, 4.69) is 20.4 Å². The number of aromatic nitrogens is 2. The summed E-state index contributed by atoms with van der Waals surface area (Å²) in [6.45, 7) is 2.49. The summed E-state index contributed by atoms with van der Waals surface area (Å²) in [7, 11) is 0. The first-order valence-electron chi connectivity index (χ1n) is 9.41. The molecule has 0 spiro atoms. The lowest BCUT2D eigenvalue weighted by Gasteiger charge is -2.15. The largest absolute Gasteiger partial charge is 0.355 e. The van der Waals surface area contributed by atoms with Crippen LogP contribution in [0.15, 0.2) is 60.7 Å². The lowest BCUT2D eigenvalue weighted by molar-refractivity contribution is 0.0951. The predicted octanol–water partition coefficient (Wildman–Crippen LogP) is 4.33. The van der Waals surface area contributed by atoms with Crippen LogP contribution in [0.3, 0.4) is 0 Å². The van der Waals surface area contributed by atoms with Crippen molar-refractivity contribution in [2.45, 2.75) is 19.4 Å². The van der Waals surface area contributed by atoms with Gasteiger partial charge in [-0.2, -0.15) is 0 Å². The van der Waals surface area contributed by atoms with Crippen LogP contribution in [0, 0.1) is 0 Å². The fourth-order valence-electron chi connectivity index (χ4n) is 3.31. The predicted molar refractivity (Wildman–Crippen MR) is 112 cm³/mol. The number of halogens is 1. The Hall–Kier alpha value is -2.92. The molecular weight excluding hydrogens is 372 g/mol. The maximum Gasteiger partial charge on any atom is 0.251 e. The molecule has 3 aromatic rings. The van der Waals surface area contributed by atoms with Crippen molar-refractivity contribution in [3.8, 4) is 11.3 Å². The van der Waals surface area contributed by atoms with E-state index in [0.717, 1.165) is 35.7 Å². The molecule has 1 N–H and O–H groups in total. The third-order valence-electron chi connectivity index (χ3n) is 4.92. The van der Waals surface area contributed by atoms with Gasteiger partial charge in [0.05, 0.1) is 5.69 Å². The number of hydrogen-bond acceptors (Lipinski definition) is 4. The molecule has 4 rings (SSSR count). The first-order valence-corrected chi connectivity index (χ1v) is 9.79. The van der Waals surface area contributed by atoms with Crippen LogP contribution in [0.4, 0.5) is 5.82 Å². The van der Waals surface area contributed by atoms with Crippen molar-refractivity contribution in [3.05, 3.63) is 76.8 Å². The standard InChI is InChI=1S/C22H21ClN4O/c23-19-6-2-1-5-18(19)15-24-22(28)17-9-7-16(8-10-17)20-11-12-21(26-25-20)27-13-3-4-14-27/h1-2,5-12H,3-4,13-15H2,(H,24,28). The zero-order valence-corrected chi connectivity index (χ0v) is 16.2. The number of anilines is 1. The molecule has 0 aliphatic carbocycles. The first-order chi connectivity index (χ1) is 13.7. The van der Waals surface area contributed by atoms with Crippen LogP contribution in [0.1, 0.15) is 28.8 Å². The summed E-state index contributed by atoms with van der Waals surface area (Å²) >= 11 is 6.13. The van der Waals surface area contributed by atoms with Crippen LogP contribution in [0.25, 0.3) is 11.3 Å². The summed E-state index contributed by atoms with van der Waals surface area (Å²) in [5, 5.41) is 12.2. The van der Waals surface area contributed by atoms with Gasteiger partial charge >= 0.3 is 0 Å². The molecule has 1 aliphatic heterocycles. The maximum atomic E-state index is 12.4. The van der Waals surface area contributed by atoms with Gasteiger partial charge in [-0.25, -0.2) is 0 Å². The van der Waals surface area contributed by atoms with E-state index in [9.17, 15) is 4.79 Å². The Morgan fingerprint density at radius 3 is 2.39 bits per heavy atom. The molecule has 0 unspecified atom stereocenters. The van der Waals surface area contributed by atoms with Gasteiger partial charge < -0.3 is 10.2 Å². The Morgan fingerprint density at radius 1 is 0.964 bits per heavy atom. The summed E-state index contributed by atoms with van der Waals surface area (Å²) in [4.78, 5) is 14.6. The molecule has 1 aliphatic rings. The lowest BCUT2D eigenvalue weighted by Crippen LogP contribution is -2.22. The van der Waals surface area contributed by atoms with Gasteiger partial charge in [-0.15, -0.1) is 10.2 Å². The molecule has 1 amide bonds. The summed E-state index contributed by atoms with van der Waals surface area (Å²) in [6.07, 6.45) is 2.42. The van der Waals surface area contributed by atoms with E-state index >= 15 is 0 Å². The second kappa shape index (κ2) is 8.40. The molecule has 2 heterocycles. The molecular formula is C22H21ClN4O. The van der Waals surface area contributed by atoms with Gasteiger partial charge in [-0.05, 0) is 48.7 Å². The highest BCUT2D eigenvalue weighted by Gasteiger charge is 2.14. The van der Waals surface area contributed by atoms with Gasteiger partial charge in [0.25, 0.3) is 5.91 Å². The van der Waals surface area contributed by atoms with Crippen LogP contribution in [-0.4, -0.2) is 29.2 Å². The number of nitrogens with zero attached hydrogens (tertiary/aromatic N) is 3. The Kier molecular flexibility index (Phi) is 5.53. The summed E-state index contributed by atoms with van der Waals surface area (Å²) < 4.78 is 0. The average Bonchev–Trinajstić information content (AvgIpc) is 3.28. The number of amides is 1. The third-order valence-corrected chi connectivity index (χ3v) is 5.29. The van der Waals surface area contributed by atoms with Crippen molar-refractivity contribution < 1.29 is 4.79 Å². The van der Waals surface area contributed by atoms with Crippen molar-refractivity contribution in [3.63, 3.8) is 0 Å². The van der Waals surface area contributed by atoms with E-state index in [4.69, 9.17) is 11.6 Å². The van der Waals surface area contributed by atoms with Crippen LogP contribution >= 0.6 is 11.6 Å². The van der Waals surface area contributed by atoms with Crippen molar-refractivity contribution in [2.75, 3.05) is 18.0 Å². The molecule has 0 saturated carbocycles. The molecule has 1 saturated heterocycles. The van der Waals surface area contributed by atoms with E-state index in [-0.39, 0.29) is 5.91 Å². The van der Waals surface area contributed by atoms with Crippen LogP contribution in [0.5, 0.6) is 0 Å². The van der Waals surface area contributed by atoms with Gasteiger partial charge in [-0.1, -0.05) is 41.9 Å². The van der Waals surface area contributed by atoms with E-state index < -0.39 is 0 Å². The zero-order chi connectivity index (χ0) is 19.3. The summed E-state index contributed by atoms with van der Waals surface area (Å²) in [5.74, 6) is 0.791. The molecule has 1 aromatic heterocycles. The number of nitrogens with one attached hydrogen (secondary N) is 1. The van der Waals surface area contributed by atoms with Crippen LogP contribution in [0.2, 0.25) is 5.02 Å². The first kappa shape index (κ1) is 18.4. The highest BCUT2D eigenvalue weighted by Crippen LogP contribution is 2.21. The molecule has 0 radical (unpaired) electrons. The van der Waals surface area contributed by atoms with Gasteiger partial charge in [0.2, 0.25) is 0 Å². The highest BCUT2D eigenvalue weighted by atomic mass is 35.5. The summed E-state index contributed by atoms with van der Waals surface area (Å²) in [5.41, 5.74) is 3.22. The normalized spacial score (nSPS) is 13.5. The topological polar surface area (TPSA) is 58.1 Å². The monoisotopic (exact) mass is 392 g/mol. The fraction of sp³-hybridized carbons (Fsp3) is 0.227. The van der Waals surface area contributed by atoms with E-state index in [1.165, 1.54) is 12.8 Å². The number of hydrogen-bond donors (Lipinski definition) is 1. The second-order valence-electron chi connectivity index (χ2n) is 6.82. The van der Waals surface area contributed by atoms with Gasteiger partial charge in [0.1, 0.15) is 0 Å². The number of carbonyl (C=O) groups is 1. The number of benzene rings is 2. The SMILES string of the molecule is O=C(NCc1ccccc1Cl)c1ccc(-c2ccc(N3CCCC3)nn2)cc1. The van der Waals surface area contributed by atoms with E-state index in [1.807, 2.05) is 48.5 Å². The molecule has 28 heavy (non-hydrogen) atoms.